The standard InChI is InChI=1S/C25H26F2N2O5/c26-23(27)21(12-22(30)28-15-10-9-14(11-15)24(31)32)29-25(33)34-13-20-18-7-3-1-5-16(18)17-6-2-4-8-19(17)20/h1-8,14-15,20-21,23H,9-13H2,(H,28,30)(H,29,33)(H,31,32)/t14-,15+,21?/m0/s1. The van der Waals surface area contributed by atoms with Crippen molar-refractivity contribution in [2.45, 2.75) is 50.1 Å². The number of alkyl halides is 2. The van der Waals surface area contributed by atoms with E-state index in [0.717, 1.165) is 22.3 Å². The second-order valence-corrected chi connectivity index (χ2v) is 8.73. The van der Waals surface area contributed by atoms with Crippen LogP contribution in [0.5, 0.6) is 0 Å². The number of carbonyl (C=O) groups is 3. The molecule has 0 aromatic heterocycles. The molecule has 0 radical (unpaired) electrons. The fourth-order valence-electron chi connectivity index (χ4n) is 4.82. The lowest BCUT2D eigenvalue weighted by atomic mass is 9.98. The third-order valence-electron chi connectivity index (χ3n) is 6.50. The van der Waals surface area contributed by atoms with Gasteiger partial charge in [-0.25, -0.2) is 13.6 Å². The Hall–Kier alpha value is -3.49. The van der Waals surface area contributed by atoms with E-state index in [1.165, 1.54) is 0 Å². The lowest BCUT2D eigenvalue weighted by Crippen LogP contribution is -2.45. The third kappa shape index (κ3) is 5.18. The quantitative estimate of drug-likeness (QED) is 0.540. The Morgan fingerprint density at radius 1 is 1.00 bits per heavy atom. The van der Waals surface area contributed by atoms with Crippen LogP contribution in [0.25, 0.3) is 11.1 Å². The van der Waals surface area contributed by atoms with Gasteiger partial charge in [0.25, 0.3) is 6.43 Å². The Bertz CT molecular complexity index is 1030. The predicted octanol–water partition coefficient (Wildman–Crippen LogP) is 3.92. The average Bonchev–Trinajstić information content (AvgIpc) is 3.40. The minimum atomic E-state index is -2.97. The van der Waals surface area contributed by atoms with Gasteiger partial charge in [0, 0.05) is 12.0 Å². The van der Waals surface area contributed by atoms with Crippen molar-refractivity contribution in [1.82, 2.24) is 10.6 Å². The SMILES string of the molecule is O=C(CC(NC(=O)OCC1c2ccccc2-c2ccccc21)C(F)F)N[C@@H]1CC[C@H](C(=O)O)C1. The minimum Gasteiger partial charge on any atom is -0.481 e. The van der Waals surface area contributed by atoms with Crippen LogP contribution in [0.1, 0.15) is 42.7 Å². The van der Waals surface area contributed by atoms with Crippen molar-refractivity contribution in [2.75, 3.05) is 6.61 Å². The van der Waals surface area contributed by atoms with Crippen molar-refractivity contribution in [3.05, 3.63) is 59.7 Å². The molecule has 2 aliphatic carbocycles. The molecule has 3 N–H and O–H groups in total. The number of hydrogen-bond acceptors (Lipinski definition) is 4. The van der Waals surface area contributed by atoms with Crippen LogP contribution in [0.2, 0.25) is 0 Å². The summed E-state index contributed by atoms with van der Waals surface area (Å²) in [5, 5.41) is 13.7. The highest BCUT2D eigenvalue weighted by Crippen LogP contribution is 2.44. The molecule has 180 valence electrons. The zero-order chi connectivity index (χ0) is 24.2. The molecule has 2 aromatic rings. The van der Waals surface area contributed by atoms with Crippen molar-refractivity contribution in [3.8, 4) is 11.1 Å². The molecule has 0 aliphatic heterocycles. The summed E-state index contributed by atoms with van der Waals surface area (Å²) in [5.74, 6) is -2.36. The Balaban J connectivity index is 1.32. The summed E-state index contributed by atoms with van der Waals surface area (Å²) < 4.78 is 32.3. The molecule has 4 rings (SSSR count). The number of hydrogen-bond donors (Lipinski definition) is 3. The molecule has 0 bridgehead atoms. The van der Waals surface area contributed by atoms with Crippen molar-refractivity contribution < 1.29 is 33.0 Å². The maximum absolute atomic E-state index is 13.5. The maximum Gasteiger partial charge on any atom is 0.407 e. The molecule has 2 aliphatic rings. The van der Waals surface area contributed by atoms with Crippen LogP contribution >= 0.6 is 0 Å². The number of carbonyl (C=O) groups excluding carboxylic acids is 2. The van der Waals surface area contributed by atoms with Crippen molar-refractivity contribution in [1.29, 1.82) is 0 Å². The summed E-state index contributed by atoms with van der Waals surface area (Å²) in [5.41, 5.74) is 4.09. The largest absolute Gasteiger partial charge is 0.481 e. The number of nitrogens with one attached hydrogen (secondary N) is 2. The fourth-order valence-corrected chi connectivity index (χ4v) is 4.82. The van der Waals surface area contributed by atoms with Gasteiger partial charge in [-0.3, -0.25) is 9.59 Å². The van der Waals surface area contributed by atoms with Gasteiger partial charge in [0.2, 0.25) is 5.91 Å². The summed E-state index contributed by atoms with van der Waals surface area (Å²) in [4.78, 5) is 35.6. The Kier molecular flexibility index (Phi) is 7.09. The van der Waals surface area contributed by atoms with E-state index in [1.807, 2.05) is 48.5 Å². The van der Waals surface area contributed by atoms with Gasteiger partial charge in [-0.1, -0.05) is 48.5 Å². The van der Waals surface area contributed by atoms with Gasteiger partial charge in [0.05, 0.1) is 12.3 Å². The van der Waals surface area contributed by atoms with E-state index in [9.17, 15) is 23.2 Å². The Labute approximate surface area is 195 Å². The first-order valence-corrected chi connectivity index (χ1v) is 11.2. The Morgan fingerprint density at radius 2 is 1.62 bits per heavy atom. The first-order valence-electron chi connectivity index (χ1n) is 11.2. The van der Waals surface area contributed by atoms with Gasteiger partial charge in [-0.15, -0.1) is 0 Å². The smallest absolute Gasteiger partial charge is 0.407 e. The summed E-state index contributed by atoms with van der Waals surface area (Å²) >= 11 is 0. The number of rotatable bonds is 8. The van der Waals surface area contributed by atoms with E-state index in [-0.39, 0.29) is 25.0 Å². The Morgan fingerprint density at radius 3 is 2.18 bits per heavy atom. The van der Waals surface area contributed by atoms with Gasteiger partial charge in [-0.2, -0.15) is 0 Å². The zero-order valence-corrected chi connectivity index (χ0v) is 18.4. The number of carboxylic acid groups (broad SMARTS) is 1. The number of benzene rings is 2. The van der Waals surface area contributed by atoms with Crippen molar-refractivity contribution >= 4 is 18.0 Å². The first-order chi connectivity index (χ1) is 16.3. The van der Waals surface area contributed by atoms with E-state index in [1.54, 1.807) is 0 Å². The lowest BCUT2D eigenvalue weighted by Gasteiger charge is -2.20. The number of amides is 2. The van der Waals surface area contributed by atoms with Gasteiger partial charge in [0.15, 0.2) is 0 Å². The second kappa shape index (κ2) is 10.2. The van der Waals surface area contributed by atoms with Crippen LogP contribution in [-0.4, -0.2) is 48.2 Å². The molecular weight excluding hydrogens is 446 g/mol. The molecule has 2 aromatic carbocycles. The van der Waals surface area contributed by atoms with Crippen LogP contribution < -0.4 is 10.6 Å². The van der Waals surface area contributed by atoms with Crippen molar-refractivity contribution in [2.24, 2.45) is 5.92 Å². The van der Waals surface area contributed by atoms with E-state index >= 15 is 0 Å². The molecule has 7 nitrogen and oxygen atoms in total. The van der Waals surface area contributed by atoms with Crippen molar-refractivity contribution in [3.63, 3.8) is 0 Å². The first kappa shape index (κ1) is 23.7. The normalized spacial score (nSPS) is 19.9. The molecule has 3 atom stereocenters. The highest BCUT2D eigenvalue weighted by molar-refractivity contribution is 5.80. The number of fused-ring (bicyclic) bond motifs is 3. The van der Waals surface area contributed by atoms with Crippen LogP contribution in [0.3, 0.4) is 0 Å². The molecule has 34 heavy (non-hydrogen) atoms. The maximum atomic E-state index is 13.5. The minimum absolute atomic E-state index is 0.0271. The van der Waals surface area contributed by atoms with E-state index in [0.29, 0.717) is 12.8 Å². The third-order valence-corrected chi connectivity index (χ3v) is 6.50. The molecular formula is C25H26F2N2O5. The summed E-state index contributed by atoms with van der Waals surface area (Å²) in [6, 6.07) is 13.4. The molecule has 0 saturated heterocycles. The number of halogens is 2. The molecule has 1 fully saturated rings. The van der Waals surface area contributed by atoms with Crippen LogP contribution in [-0.2, 0) is 14.3 Å². The van der Waals surface area contributed by atoms with Gasteiger partial charge in [0.1, 0.15) is 12.6 Å². The van der Waals surface area contributed by atoms with Gasteiger partial charge < -0.3 is 20.5 Å². The lowest BCUT2D eigenvalue weighted by molar-refractivity contribution is -0.141. The van der Waals surface area contributed by atoms with Gasteiger partial charge >= 0.3 is 12.1 Å². The van der Waals surface area contributed by atoms with E-state index in [4.69, 9.17) is 9.84 Å². The topological polar surface area (TPSA) is 105 Å². The van der Waals surface area contributed by atoms with E-state index < -0.39 is 42.8 Å². The predicted molar refractivity (Wildman–Crippen MR) is 120 cm³/mol. The molecule has 1 saturated carbocycles. The average molecular weight is 472 g/mol. The zero-order valence-electron chi connectivity index (χ0n) is 18.4. The van der Waals surface area contributed by atoms with Crippen LogP contribution in [0.4, 0.5) is 13.6 Å². The number of alkyl carbamates (subject to hydrolysis) is 1. The molecule has 9 heteroatoms. The van der Waals surface area contributed by atoms with Gasteiger partial charge in [-0.05, 0) is 41.5 Å². The number of carboxylic acids is 1. The fraction of sp³-hybridized carbons (Fsp3) is 0.400. The molecule has 0 spiro atoms. The van der Waals surface area contributed by atoms with E-state index in [2.05, 4.69) is 10.6 Å². The molecule has 1 unspecified atom stereocenters. The summed E-state index contributed by atoms with van der Waals surface area (Å²) in [7, 11) is 0. The molecule has 0 heterocycles. The monoisotopic (exact) mass is 472 g/mol. The summed E-state index contributed by atoms with van der Waals surface area (Å²) in [6.45, 7) is -0.0271. The number of aliphatic carboxylic acids is 1. The van der Waals surface area contributed by atoms with Crippen LogP contribution in [0, 0.1) is 5.92 Å². The van der Waals surface area contributed by atoms with Crippen LogP contribution in [0.15, 0.2) is 48.5 Å². The summed E-state index contributed by atoms with van der Waals surface area (Å²) in [6.07, 6.45) is -3.46. The highest BCUT2D eigenvalue weighted by Gasteiger charge is 2.33. The highest BCUT2D eigenvalue weighted by atomic mass is 19.3. The molecule has 2 amide bonds. The number of ether oxygens (including phenoxy) is 1. The second-order valence-electron chi connectivity index (χ2n) is 8.73.